The molecule has 0 aliphatic carbocycles. The fourth-order valence-electron chi connectivity index (χ4n) is 1.73. The van der Waals surface area contributed by atoms with Gasteiger partial charge in [-0.2, -0.15) is 0 Å². The van der Waals surface area contributed by atoms with Crippen LogP contribution in [0.1, 0.15) is 16.1 Å². The predicted octanol–water partition coefficient (Wildman–Crippen LogP) is 1.89. The van der Waals surface area contributed by atoms with Crippen molar-refractivity contribution in [2.24, 2.45) is 5.14 Å². The normalized spacial score (nSPS) is 11.3. The number of nitrogens with two attached hydrogens (primary N) is 1. The van der Waals surface area contributed by atoms with Gasteiger partial charge in [0.1, 0.15) is 16.2 Å². The van der Waals surface area contributed by atoms with E-state index in [9.17, 15) is 18.3 Å². The van der Waals surface area contributed by atoms with Gasteiger partial charge in [0, 0.05) is 0 Å². The highest BCUT2D eigenvalue weighted by Crippen LogP contribution is 2.31. The minimum Gasteiger partial charge on any atom is -0.478 e. The smallest absolute Gasteiger partial charge is 0.339 e. The first-order valence-corrected chi connectivity index (χ1v) is 7.58. The Kier molecular flexibility index (Phi) is 4.21. The Morgan fingerprint density at radius 1 is 1.38 bits per heavy atom. The third kappa shape index (κ3) is 3.35. The maximum atomic E-state index is 11.3. The molecule has 0 fully saturated rings. The van der Waals surface area contributed by atoms with Crippen LogP contribution >= 0.6 is 11.6 Å². The summed E-state index contributed by atoms with van der Waals surface area (Å²) in [4.78, 5) is 10.9. The Hall–Kier alpha value is -2.03. The molecule has 0 unspecified atom stereocenters. The number of hydrogen-bond donors (Lipinski definition) is 3. The number of benzene rings is 1. The van der Waals surface area contributed by atoms with Crippen LogP contribution in [0.15, 0.2) is 39.8 Å². The summed E-state index contributed by atoms with van der Waals surface area (Å²) in [5.41, 5.74) is -0.203. The van der Waals surface area contributed by atoms with Crippen LogP contribution in [0.2, 0.25) is 5.02 Å². The van der Waals surface area contributed by atoms with Crippen LogP contribution in [-0.2, 0) is 16.6 Å². The molecular weight excluding hydrogens is 320 g/mol. The largest absolute Gasteiger partial charge is 0.478 e. The molecule has 0 aliphatic rings. The molecule has 0 radical (unpaired) electrons. The van der Waals surface area contributed by atoms with E-state index < -0.39 is 25.9 Å². The van der Waals surface area contributed by atoms with Crippen molar-refractivity contribution in [3.8, 4) is 0 Å². The zero-order chi connectivity index (χ0) is 15.6. The number of halogens is 1. The van der Waals surface area contributed by atoms with Crippen LogP contribution < -0.4 is 10.5 Å². The highest BCUT2D eigenvalue weighted by atomic mass is 35.5. The molecule has 0 saturated heterocycles. The zero-order valence-electron chi connectivity index (χ0n) is 10.5. The average Bonchev–Trinajstić information content (AvgIpc) is 2.87. The predicted molar refractivity (Wildman–Crippen MR) is 75.8 cm³/mol. The van der Waals surface area contributed by atoms with E-state index >= 15 is 0 Å². The van der Waals surface area contributed by atoms with E-state index in [1.54, 1.807) is 12.1 Å². The van der Waals surface area contributed by atoms with E-state index in [0.717, 1.165) is 6.07 Å². The maximum absolute atomic E-state index is 11.3. The number of anilines is 1. The molecule has 0 aliphatic heterocycles. The van der Waals surface area contributed by atoms with Gasteiger partial charge in [0.15, 0.2) is 0 Å². The lowest BCUT2D eigenvalue weighted by Gasteiger charge is -2.12. The van der Waals surface area contributed by atoms with Crippen molar-refractivity contribution in [1.29, 1.82) is 0 Å². The first-order chi connectivity index (χ1) is 9.80. The SMILES string of the molecule is NS(=O)(=O)c1ccc(NCc2ccco2)c(C(=O)O)c1Cl. The fraction of sp³-hybridized carbons (Fsp3) is 0.0833. The second-order valence-electron chi connectivity index (χ2n) is 4.08. The number of carboxylic acid groups (broad SMARTS) is 1. The Morgan fingerprint density at radius 3 is 2.62 bits per heavy atom. The maximum Gasteiger partial charge on any atom is 0.339 e. The van der Waals surface area contributed by atoms with E-state index in [2.05, 4.69) is 5.32 Å². The van der Waals surface area contributed by atoms with Gasteiger partial charge < -0.3 is 14.8 Å². The Morgan fingerprint density at radius 2 is 2.10 bits per heavy atom. The number of aromatic carboxylic acids is 1. The molecule has 4 N–H and O–H groups in total. The van der Waals surface area contributed by atoms with Crippen molar-refractivity contribution in [2.45, 2.75) is 11.4 Å². The fourth-order valence-corrected chi connectivity index (χ4v) is 2.91. The topological polar surface area (TPSA) is 123 Å². The summed E-state index contributed by atoms with van der Waals surface area (Å²) in [6.07, 6.45) is 1.48. The number of primary sulfonamides is 1. The first-order valence-electron chi connectivity index (χ1n) is 5.65. The summed E-state index contributed by atoms with van der Waals surface area (Å²) in [5.74, 6) is -0.787. The quantitative estimate of drug-likeness (QED) is 0.769. The van der Waals surface area contributed by atoms with Crippen molar-refractivity contribution in [3.05, 3.63) is 46.9 Å². The summed E-state index contributed by atoms with van der Waals surface area (Å²) < 4.78 is 27.8. The molecule has 2 aromatic rings. The lowest BCUT2D eigenvalue weighted by molar-refractivity contribution is 0.0698. The van der Waals surface area contributed by atoms with Gasteiger partial charge in [0.2, 0.25) is 10.0 Å². The molecule has 0 bridgehead atoms. The van der Waals surface area contributed by atoms with Gasteiger partial charge in [-0.1, -0.05) is 11.6 Å². The van der Waals surface area contributed by atoms with Gasteiger partial charge in [-0.15, -0.1) is 0 Å². The van der Waals surface area contributed by atoms with Gasteiger partial charge in [-0.05, 0) is 24.3 Å². The number of nitrogens with one attached hydrogen (secondary N) is 1. The molecule has 1 heterocycles. The lowest BCUT2D eigenvalue weighted by Crippen LogP contribution is -2.15. The molecule has 21 heavy (non-hydrogen) atoms. The average molecular weight is 331 g/mol. The van der Waals surface area contributed by atoms with E-state index in [1.165, 1.54) is 12.3 Å². The zero-order valence-corrected chi connectivity index (χ0v) is 12.1. The standard InChI is InChI=1S/C12H11ClN2O5S/c13-11-9(21(14,18)19)4-3-8(10(11)12(16)17)15-6-7-2-1-5-20-7/h1-5,15H,6H2,(H,16,17)(H2,14,18,19). The Balaban J connectivity index is 2.42. The van der Waals surface area contributed by atoms with Gasteiger partial charge in [0.05, 0.1) is 23.5 Å². The molecule has 2 rings (SSSR count). The molecule has 9 heteroatoms. The number of carbonyl (C=O) groups is 1. The van der Waals surface area contributed by atoms with Crippen molar-refractivity contribution in [2.75, 3.05) is 5.32 Å². The molecule has 1 aromatic carbocycles. The molecule has 7 nitrogen and oxygen atoms in total. The minimum atomic E-state index is -4.11. The van der Waals surface area contributed by atoms with E-state index in [-0.39, 0.29) is 17.8 Å². The summed E-state index contributed by atoms with van der Waals surface area (Å²) in [6.45, 7) is 0.221. The lowest BCUT2D eigenvalue weighted by atomic mass is 10.1. The number of sulfonamides is 1. The Bertz CT molecular complexity index is 771. The second kappa shape index (κ2) is 5.76. The molecule has 112 valence electrons. The first kappa shape index (κ1) is 15.4. The van der Waals surface area contributed by atoms with E-state index in [4.69, 9.17) is 21.2 Å². The van der Waals surface area contributed by atoms with Gasteiger partial charge in [-0.3, -0.25) is 0 Å². The molecule has 0 saturated carbocycles. The molecular formula is C12H11ClN2O5S. The highest BCUT2D eigenvalue weighted by molar-refractivity contribution is 7.89. The molecule has 0 atom stereocenters. The van der Waals surface area contributed by atoms with Crippen LogP contribution in [0.4, 0.5) is 5.69 Å². The highest BCUT2D eigenvalue weighted by Gasteiger charge is 2.23. The molecule has 1 aromatic heterocycles. The summed E-state index contributed by atoms with van der Waals surface area (Å²) in [6, 6.07) is 5.83. The molecule has 0 amide bonds. The van der Waals surface area contributed by atoms with Gasteiger partial charge in [-0.25, -0.2) is 18.4 Å². The minimum absolute atomic E-state index is 0.163. The number of carboxylic acids is 1. The van der Waals surface area contributed by atoms with Crippen LogP contribution in [-0.4, -0.2) is 19.5 Å². The van der Waals surface area contributed by atoms with Crippen LogP contribution in [0.3, 0.4) is 0 Å². The van der Waals surface area contributed by atoms with E-state index in [0.29, 0.717) is 5.76 Å². The van der Waals surface area contributed by atoms with Crippen molar-refractivity contribution in [3.63, 3.8) is 0 Å². The van der Waals surface area contributed by atoms with Gasteiger partial charge >= 0.3 is 5.97 Å². The second-order valence-corrected chi connectivity index (χ2v) is 5.99. The van der Waals surface area contributed by atoms with Crippen molar-refractivity contribution >= 4 is 33.3 Å². The van der Waals surface area contributed by atoms with Crippen LogP contribution in [0.25, 0.3) is 0 Å². The summed E-state index contributed by atoms with van der Waals surface area (Å²) in [5, 5.41) is 16.6. The van der Waals surface area contributed by atoms with Crippen LogP contribution in [0.5, 0.6) is 0 Å². The van der Waals surface area contributed by atoms with Gasteiger partial charge in [0.25, 0.3) is 0 Å². The summed E-state index contributed by atoms with van der Waals surface area (Å²) in [7, 11) is -4.11. The number of rotatable bonds is 5. The molecule has 0 spiro atoms. The van der Waals surface area contributed by atoms with E-state index in [1.807, 2.05) is 0 Å². The van der Waals surface area contributed by atoms with Crippen molar-refractivity contribution < 1.29 is 22.7 Å². The monoisotopic (exact) mass is 330 g/mol. The van der Waals surface area contributed by atoms with Crippen molar-refractivity contribution in [1.82, 2.24) is 0 Å². The third-order valence-corrected chi connectivity index (χ3v) is 4.12. The van der Waals surface area contributed by atoms with Crippen LogP contribution in [0, 0.1) is 0 Å². The third-order valence-electron chi connectivity index (χ3n) is 2.66. The summed E-state index contributed by atoms with van der Waals surface area (Å²) >= 11 is 5.85. The number of furan rings is 1. The Labute approximate surface area is 125 Å². The number of hydrogen-bond acceptors (Lipinski definition) is 5.